The maximum Gasteiger partial charge on any atom is 0.165 e. The molecule has 0 heterocycles. The van der Waals surface area contributed by atoms with Gasteiger partial charge in [-0.05, 0) is 36.4 Å². The molecule has 0 aliphatic rings. The molecule has 0 aromatic heterocycles. The summed E-state index contributed by atoms with van der Waals surface area (Å²) in [5.74, 6) is 5.01. The molecule has 8 heteroatoms. The lowest BCUT2D eigenvalue weighted by atomic mass is 10.3. The van der Waals surface area contributed by atoms with Crippen molar-refractivity contribution in [1.29, 1.82) is 0 Å². The zero-order valence-electron chi connectivity index (χ0n) is 19.9. The minimum atomic E-state index is 0.316. The molecular weight excluding hydrogens is 440 g/mol. The topological polar surface area (TPSA) is 73.8 Å². The van der Waals surface area contributed by atoms with Gasteiger partial charge in [0.05, 0.1) is 28.4 Å². The summed E-state index contributed by atoms with van der Waals surface area (Å²) in [4.78, 5) is 0. The molecule has 0 bridgehead atoms. The van der Waals surface area contributed by atoms with Gasteiger partial charge in [0.15, 0.2) is 34.5 Å². The molecule has 0 saturated heterocycles. The van der Waals surface area contributed by atoms with Crippen LogP contribution >= 0.6 is 0 Å². The molecule has 3 aromatic rings. The Balaban J connectivity index is 1.49. The van der Waals surface area contributed by atoms with Gasteiger partial charge < -0.3 is 37.9 Å². The Bertz CT molecular complexity index is 955. The lowest BCUT2D eigenvalue weighted by Gasteiger charge is -2.15. The van der Waals surface area contributed by atoms with E-state index in [1.54, 1.807) is 52.7 Å². The molecule has 0 fully saturated rings. The van der Waals surface area contributed by atoms with Crippen molar-refractivity contribution < 1.29 is 37.9 Å². The van der Waals surface area contributed by atoms with Gasteiger partial charge in [0.2, 0.25) is 0 Å². The van der Waals surface area contributed by atoms with Crippen LogP contribution in [-0.4, -0.2) is 54.9 Å². The summed E-state index contributed by atoms with van der Waals surface area (Å²) in [5.41, 5.74) is 0. The molecule has 0 aliphatic heterocycles. The smallest absolute Gasteiger partial charge is 0.165 e. The second-order valence-corrected chi connectivity index (χ2v) is 6.87. The molecule has 182 valence electrons. The minimum absolute atomic E-state index is 0.316. The first-order valence-corrected chi connectivity index (χ1v) is 10.7. The normalized spacial score (nSPS) is 10.2. The summed E-state index contributed by atoms with van der Waals surface area (Å²) in [7, 11) is 6.38. The Morgan fingerprint density at radius 2 is 0.794 bits per heavy atom. The van der Waals surface area contributed by atoms with E-state index in [0.29, 0.717) is 72.4 Å². The molecule has 0 unspecified atom stereocenters. The number of para-hydroxylation sites is 2. The van der Waals surface area contributed by atoms with Gasteiger partial charge in [-0.15, -0.1) is 0 Å². The van der Waals surface area contributed by atoms with E-state index in [4.69, 9.17) is 37.9 Å². The molecule has 0 N–H and O–H groups in total. The highest BCUT2D eigenvalue weighted by Gasteiger charge is 2.09. The number of hydrogen-bond donors (Lipinski definition) is 0. The van der Waals surface area contributed by atoms with Crippen LogP contribution in [0.3, 0.4) is 0 Å². The van der Waals surface area contributed by atoms with E-state index in [-0.39, 0.29) is 0 Å². The predicted molar refractivity (Wildman–Crippen MR) is 128 cm³/mol. The van der Waals surface area contributed by atoms with Gasteiger partial charge in [0.1, 0.15) is 37.9 Å². The third-order valence-corrected chi connectivity index (χ3v) is 4.79. The average Bonchev–Trinajstić information content (AvgIpc) is 2.89. The second kappa shape index (κ2) is 12.9. The lowest BCUT2D eigenvalue weighted by Crippen LogP contribution is -2.12. The first-order valence-electron chi connectivity index (χ1n) is 10.7. The van der Waals surface area contributed by atoms with Gasteiger partial charge in [-0.1, -0.05) is 12.1 Å². The van der Waals surface area contributed by atoms with Gasteiger partial charge in [0.25, 0.3) is 0 Å². The fourth-order valence-corrected chi connectivity index (χ4v) is 3.09. The largest absolute Gasteiger partial charge is 0.497 e. The van der Waals surface area contributed by atoms with Gasteiger partial charge in [-0.3, -0.25) is 0 Å². The molecule has 8 nitrogen and oxygen atoms in total. The van der Waals surface area contributed by atoms with E-state index in [0.717, 1.165) is 0 Å². The Labute approximate surface area is 199 Å². The second-order valence-electron chi connectivity index (χ2n) is 6.87. The number of methoxy groups -OCH3 is 4. The maximum atomic E-state index is 5.87. The van der Waals surface area contributed by atoms with Crippen molar-refractivity contribution >= 4 is 0 Å². The molecule has 0 spiro atoms. The Hall–Kier alpha value is -3.94. The van der Waals surface area contributed by atoms with Gasteiger partial charge >= 0.3 is 0 Å². The quantitative estimate of drug-likeness (QED) is 0.316. The molecule has 3 aromatic carbocycles. The van der Waals surface area contributed by atoms with Crippen LogP contribution in [0.5, 0.6) is 46.0 Å². The minimum Gasteiger partial charge on any atom is -0.497 e. The summed E-state index contributed by atoms with van der Waals surface area (Å²) < 4.78 is 44.5. The highest BCUT2D eigenvalue weighted by atomic mass is 16.6. The van der Waals surface area contributed by atoms with Gasteiger partial charge in [0, 0.05) is 12.1 Å². The molecule has 0 saturated carbocycles. The van der Waals surface area contributed by atoms with Crippen molar-refractivity contribution in [2.75, 3.05) is 54.9 Å². The van der Waals surface area contributed by atoms with E-state index in [2.05, 4.69) is 0 Å². The summed E-state index contributed by atoms with van der Waals surface area (Å²) in [6.45, 7) is 1.27. The number of ether oxygens (including phenoxy) is 8. The van der Waals surface area contributed by atoms with Crippen molar-refractivity contribution in [3.05, 3.63) is 60.7 Å². The SMILES string of the molecule is COc1ccc(OC)c(OCCOc2ccccc2OCCOc2cc(OC)ccc2OC)c1. The van der Waals surface area contributed by atoms with Gasteiger partial charge in [-0.2, -0.15) is 0 Å². The highest BCUT2D eigenvalue weighted by molar-refractivity contribution is 5.46. The molecule has 0 radical (unpaired) electrons. The van der Waals surface area contributed by atoms with Crippen LogP contribution in [-0.2, 0) is 0 Å². The summed E-state index contributed by atoms with van der Waals surface area (Å²) >= 11 is 0. The first-order chi connectivity index (χ1) is 16.7. The van der Waals surface area contributed by atoms with E-state index >= 15 is 0 Å². The van der Waals surface area contributed by atoms with Crippen LogP contribution < -0.4 is 37.9 Å². The fraction of sp³-hybridized carbons (Fsp3) is 0.308. The van der Waals surface area contributed by atoms with E-state index in [9.17, 15) is 0 Å². The van der Waals surface area contributed by atoms with Crippen molar-refractivity contribution in [1.82, 2.24) is 0 Å². The summed E-state index contributed by atoms with van der Waals surface area (Å²) in [6.07, 6.45) is 0. The third-order valence-electron chi connectivity index (χ3n) is 4.79. The lowest BCUT2D eigenvalue weighted by molar-refractivity contribution is 0.187. The number of rotatable bonds is 14. The van der Waals surface area contributed by atoms with Crippen molar-refractivity contribution in [2.45, 2.75) is 0 Å². The summed E-state index contributed by atoms with van der Waals surface area (Å²) in [6, 6.07) is 18.2. The summed E-state index contributed by atoms with van der Waals surface area (Å²) in [5, 5.41) is 0. The molecule has 3 rings (SSSR count). The van der Waals surface area contributed by atoms with Crippen molar-refractivity contribution in [2.24, 2.45) is 0 Å². The monoisotopic (exact) mass is 470 g/mol. The van der Waals surface area contributed by atoms with Crippen LogP contribution in [0.2, 0.25) is 0 Å². The van der Waals surface area contributed by atoms with Crippen LogP contribution in [0.15, 0.2) is 60.7 Å². The third kappa shape index (κ3) is 6.78. The standard InChI is InChI=1S/C26H30O8/c1-27-19-9-11-21(29-3)25(17-19)33-15-13-31-23-7-5-6-8-24(23)32-14-16-34-26-18-20(28-2)10-12-22(26)30-4/h5-12,17-18H,13-16H2,1-4H3. The zero-order chi connectivity index (χ0) is 24.2. The van der Waals surface area contributed by atoms with E-state index in [1.165, 1.54) is 0 Å². The number of benzene rings is 3. The molecule has 34 heavy (non-hydrogen) atoms. The number of hydrogen-bond acceptors (Lipinski definition) is 8. The Morgan fingerprint density at radius 3 is 1.15 bits per heavy atom. The average molecular weight is 471 g/mol. The van der Waals surface area contributed by atoms with Crippen LogP contribution in [0.1, 0.15) is 0 Å². The van der Waals surface area contributed by atoms with Gasteiger partial charge in [-0.25, -0.2) is 0 Å². The predicted octanol–water partition coefficient (Wildman–Crippen LogP) is 4.64. The van der Waals surface area contributed by atoms with E-state index in [1.807, 2.05) is 36.4 Å². The molecule has 0 aliphatic carbocycles. The Kier molecular flexibility index (Phi) is 9.40. The first kappa shape index (κ1) is 24.7. The van der Waals surface area contributed by atoms with E-state index < -0.39 is 0 Å². The van der Waals surface area contributed by atoms with Crippen LogP contribution in [0, 0.1) is 0 Å². The van der Waals surface area contributed by atoms with Crippen molar-refractivity contribution in [3.8, 4) is 46.0 Å². The molecule has 0 amide bonds. The fourth-order valence-electron chi connectivity index (χ4n) is 3.09. The van der Waals surface area contributed by atoms with Crippen molar-refractivity contribution in [3.63, 3.8) is 0 Å². The Morgan fingerprint density at radius 1 is 0.412 bits per heavy atom. The van der Waals surface area contributed by atoms with Crippen LogP contribution in [0.25, 0.3) is 0 Å². The zero-order valence-corrected chi connectivity index (χ0v) is 19.9. The van der Waals surface area contributed by atoms with Crippen LogP contribution in [0.4, 0.5) is 0 Å². The molecule has 0 atom stereocenters. The maximum absolute atomic E-state index is 5.87. The molecular formula is C26H30O8. The highest BCUT2D eigenvalue weighted by Crippen LogP contribution is 2.32.